The van der Waals surface area contributed by atoms with E-state index in [1.807, 2.05) is 24.3 Å². The quantitative estimate of drug-likeness (QED) is 0.812. The van der Waals surface area contributed by atoms with Gasteiger partial charge in [0.2, 0.25) is 0 Å². The minimum absolute atomic E-state index is 0.0884. The summed E-state index contributed by atoms with van der Waals surface area (Å²) in [6.07, 6.45) is 2.36. The van der Waals surface area contributed by atoms with E-state index in [0.29, 0.717) is 18.2 Å². The molecule has 0 aliphatic carbocycles. The SMILES string of the molecule is O=C(O)COc1ccccc1CN1C[C@H]2[C@@H](CO)[C@@H]3CC[C@@]2(C1)O3. The monoisotopic (exact) mass is 333 g/mol. The molecule has 2 N–H and O–H groups in total. The van der Waals surface area contributed by atoms with Crippen LogP contribution < -0.4 is 4.74 Å². The van der Waals surface area contributed by atoms with Gasteiger partial charge >= 0.3 is 5.97 Å². The molecule has 3 saturated heterocycles. The van der Waals surface area contributed by atoms with Gasteiger partial charge in [-0.1, -0.05) is 18.2 Å². The van der Waals surface area contributed by atoms with E-state index >= 15 is 0 Å². The molecule has 3 heterocycles. The van der Waals surface area contributed by atoms with Crippen molar-refractivity contribution in [2.75, 3.05) is 26.3 Å². The van der Waals surface area contributed by atoms with Crippen LogP contribution in [0.4, 0.5) is 0 Å². The second-order valence-corrected chi connectivity index (χ2v) is 7.17. The van der Waals surface area contributed by atoms with Gasteiger partial charge in [0, 0.05) is 43.6 Å². The lowest BCUT2D eigenvalue weighted by molar-refractivity contribution is -0.139. The number of likely N-dealkylation sites (tertiary alicyclic amines) is 1. The van der Waals surface area contributed by atoms with Gasteiger partial charge in [-0.25, -0.2) is 4.79 Å². The number of aliphatic hydroxyl groups excluding tert-OH is 1. The van der Waals surface area contributed by atoms with Crippen molar-refractivity contribution in [3.05, 3.63) is 29.8 Å². The van der Waals surface area contributed by atoms with Crippen LogP contribution in [0.25, 0.3) is 0 Å². The zero-order valence-electron chi connectivity index (χ0n) is 13.6. The molecule has 130 valence electrons. The van der Waals surface area contributed by atoms with Crippen LogP contribution in [0, 0.1) is 11.8 Å². The molecule has 1 spiro atoms. The number of ether oxygens (including phenoxy) is 2. The number of para-hydroxylation sites is 1. The van der Waals surface area contributed by atoms with Crippen LogP contribution in [0.1, 0.15) is 18.4 Å². The van der Waals surface area contributed by atoms with Gasteiger partial charge in [-0.05, 0) is 18.9 Å². The van der Waals surface area contributed by atoms with Gasteiger partial charge < -0.3 is 19.7 Å². The van der Waals surface area contributed by atoms with Crippen molar-refractivity contribution in [2.45, 2.75) is 31.1 Å². The summed E-state index contributed by atoms with van der Waals surface area (Å²) in [5.74, 6) is 0.296. The summed E-state index contributed by atoms with van der Waals surface area (Å²) < 4.78 is 11.7. The first kappa shape index (κ1) is 15.9. The van der Waals surface area contributed by atoms with Crippen LogP contribution in [0.15, 0.2) is 24.3 Å². The number of benzene rings is 1. The van der Waals surface area contributed by atoms with E-state index in [1.165, 1.54) is 0 Å². The molecule has 0 amide bonds. The number of hydrogen-bond acceptors (Lipinski definition) is 5. The summed E-state index contributed by atoms with van der Waals surface area (Å²) in [4.78, 5) is 13.1. The molecular weight excluding hydrogens is 310 g/mol. The van der Waals surface area contributed by atoms with Crippen molar-refractivity contribution in [3.8, 4) is 5.75 Å². The third-order valence-electron chi connectivity index (χ3n) is 5.78. The Morgan fingerprint density at radius 3 is 3.04 bits per heavy atom. The number of aliphatic carboxylic acids is 1. The Labute approximate surface area is 141 Å². The highest BCUT2D eigenvalue weighted by Crippen LogP contribution is 2.54. The van der Waals surface area contributed by atoms with E-state index in [2.05, 4.69) is 4.90 Å². The molecule has 0 radical (unpaired) electrons. The first-order valence-electron chi connectivity index (χ1n) is 8.55. The fourth-order valence-corrected chi connectivity index (χ4v) is 4.81. The number of hydrogen-bond donors (Lipinski definition) is 2. The van der Waals surface area contributed by atoms with E-state index in [4.69, 9.17) is 14.6 Å². The Balaban J connectivity index is 1.47. The molecule has 3 fully saturated rings. The van der Waals surface area contributed by atoms with Crippen molar-refractivity contribution in [1.29, 1.82) is 0 Å². The standard InChI is InChI=1S/C18H23NO5/c20-9-13-14-8-19(11-18(14)6-5-16(13)24-18)7-12-3-1-2-4-15(12)23-10-17(21)22/h1-4,13-14,16,20H,5-11H2,(H,21,22)/t13-,14+,16+,18+/m1/s1. The predicted octanol–water partition coefficient (Wildman–Crippen LogP) is 1.12. The Bertz CT molecular complexity index is 636. The Morgan fingerprint density at radius 2 is 2.25 bits per heavy atom. The van der Waals surface area contributed by atoms with Crippen LogP contribution in [0.2, 0.25) is 0 Å². The van der Waals surface area contributed by atoms with Crippen molar-refractivity contribution < 1.29 is 24.5 Å². The topological polar surface area (TPSA) is 79.2 Å². The van der Waals surface area contributed by atoms with E-state index < -0.39 is 5.97 Å². The number of carbonyl (C=O) groups is 1. The summed E-state index contributed by atoms with van der Waals surface area (Å²) in [7, 11) is 0. The molecule has 3 aliphatic rings. The van der Waals surface area contributed by atoms with Crippen LogP contribution in [-0.2, 0) is 16.1 Å². The minimum atomic E-state index is -0.976. The molecule has 24 heavy (non-hydrogen) atoms. The number of nitrogens with zero attached hydrogens (tertiary/aromatic N) is 1. The third kappa shape index (κ3) is 2.59. The van der Waals surface area contributed by atoms with E-state index in [-0.39, 0.29) is 30.8 Å². The van der Waals surface area contributed by atoms with Crippen molar-refractivity contribution in [2.24, 2.45) is 11.8 Å². The Hall–Kier alpha value is -1.63. The second kappa shape index (κ2) is 6.02. The van der Waals surface area contributed by atoms with Gasteiger partial charge in [-0.3, -0.25) is 4.90 Å². The first-order chi connectivity index (χ1) is 11.6. The predicted molar refractivity (Wildman–Crippen MR) is 85.8 cm³/mol. The molecule has 6 nitrogen and oxygen atoms in total. The fraction of sp³-hybridized carbons (Fsp3) is 0.611. The normalized spacial score (nSPS) is 34.5. The summed E-state index contributed by atoms with van der Waals surface area (Å²) in [5.41, 5.74) is 0.903. The van der Waals surface area contributed by atoms with Gasteiger partial charge in [0.25, 0.3) is 0 Å². The van der Waals surface area contributed by atoms with Crippen molar-refractivity contribution in [1.82, 2.24) is 4.90 Å². The minimum Gasteiger partial charge on any atom is -0.482 e. The molecule has 0 unspecified atom stereocenters. The molecule has 4 rings (SSSR count). The lowest BCUT2D eigenvalue weighted by Crippen LogP contribution is -2.37. The third-order valence-corrected chi connectivity index (χ3v) is 5.78. The van der Waals surface area contributed by atoms with E-state index in [1.54, 1.807) is 0 Å². The summed E-state index contributed by atoms with van der Waals surface area (Å²) in [6, 6.07) is 7.58. The molecule has 0 aromatic heterocycles. The van der Waals surface area contributed by atoms with Crippen LogP contribution in [-0.4, -0.2) is 59.1 Å². The molecule has 1 aromatic rings. The van der Waals surface area contributed by atoms with E-state index in [9.17, 15) is 9.90 Å². The van der Waals surface area contributed by atoms with Crippen LogP contribution in [0.5, 0.6) is 5.75 Å². The van der Waals surface area contributed by atoms with Gasteiger partial charge in [-0.15, -0.1) is 0 Å². The smallest absolute Gasteiger partial charge is 0.341 e. The first-order valence-corrected chi connectivity index (χ1v) is 8.55. The Kier molecular flexibility index (Phi) is 3.98. The van der Waals surface area contributed by atoms with Gasteiger partial charge in [0.15, 0.2) is 6.61 Å². The average molecular weight is 333 g/mol. The molecule has 1 aromatic carbocycles. The molecule has 3 aliphatic heterocycles. The van der Waals surface area contributed by atoms with Gasteiger partial charge in [-0.2, -0.15) is 0 Å². The second-order valence-electron chi connectivity index (χ2n) is 7.17. The Morgan fingerprint density at radius 1 is 1.42 bits per heavy atom. The molecule has 0 saturated carbocycles. The lowest BCUT2D eigenvalue weighted by Gasteiger charge is -2.28. The maximum Gasteiger partial charge on any atom is 0.341 e. The van der Waals surface area contributed by atoms with Gasteiger partial charge in [0.1, 0.15) is 5.75 Å². The zero-order chi connectivity index (χ0) is 16.7. The highest BCUT2D eigenvalue weighted by molar-refractivity contribution is 5.68. The lowest BCUT2D eigenvalue weighted by atomic mass is 9.74. The largest absolute Gasteiger partial charge is 0.482 e. The fourth-order valence-electron chi connectivity index (χ4n) is 4.81. The highest BCUT2D eigenvalue weighted by Gasteiger charge is 2.62. The number of carboxylic acid groups (broad SMARTS) is 1. The van der Waals surface area contributed by atoms with Crippen molar-refractivity contribution >= 4 is 5.97 Å². The van der Waals surface area contributed by atoms with Crippen LogP contribution >= 0.6 is 0 Å². The van der Waals surface area contributed by atoms with E-state index in [0.717, 1.165) is 31.5 Å². The van der Waals surface area contributed by atoms with Gasteiger partial charge in [0.05, 0.1) is 11.7 Å². The number of aliphatic hydroxyl groups is 1. The summed E-state index contributed by atoms with van der Waals surface area (Å²) in [5, 5.41) is 18.5. The zero-order valence-corrected chi connectivity index (χ0v) is 13.6. The van der Waals surface area contributed by atoms with Crippen molar-refractivity contribution in [3.63, 3.8) is 0 Å². The highest BCUT2D eigenvalue weighted by atomic mass is 16.5. The molecule has 4 atom stereocenters. The van der Waals surface area contributed by atoms with Crippen LogP contribution in [0.3, 0.4) is 0 Å². The number of fused-ring (bicyclic) bond motifs is 1. The maximum atomic E-state index is 10.7. The summed E-state index contributed by atoms with van der Waals surface area (Å²) in [6.45, 7) is 2.36. The summed E-state index contributed by atoms with van der Waals surface area (Å²) >= 11 is 0. The maximum absolute atomic E-state index is 10.7. The number of rotatable bonds is 6. The molecular formula is C18H23NO5. The molecule has 2 bridgehead atoms. The molecule has 6 heteroatoms. The number of carboxylic acids is 1. The average Bonchev–Trinajstić information content (AvgIpc) is 3.20.